The van der Waals surface area contributed by atoms with Crippen LogP contribution < -0.4 is 15.8 Å². The Hall–Kier alpha value is -3.06. The summed E-state index contributed by atoms with van der Waals surface area (Å²) in [4.78, 5) is 20.5. The van der Waals surface area contributed by atoms with Crippen molar-refractivity contribution in [1.82, 2.24) is 9.97 Å². The second kappa shape index (κ2) is 8.55. The van der Waals surface area contributed by atoms with Crippen molar-refractivity contribution >= 4 is 29.2 Å². The van der Waals surface area contributed by atoms with Crippen LogP contribution in [0, 0.1) is 13.8 Å². The maximum Gasteiger partial charge on any atom is 0.234 e. The van der Waals surface area contributed by atoms with Gasteiger partial charge in [-0.25, -0.2) is 9.97 Å². The predicted molar refractivity (Wildman–Crippen MR) is 108 cm³/mol. The van der Waals surface area contributed by atoms with Crippen LogP contribution in [0.2, 0.25) is 0 Å². The van der Waals surface area contributed by atoms with Crippen LogP contribution in [0.15, 0.2) is 59.8 Å². The monoisotopic (exact) mass is 380 g/mol. The molecule has 0 saturated heterocycles. The van der Waals surface area contributed by atoms with Crippen molar-refractivity contribution in [3.8, 4) is 11.5 Å². The molecule has 3 rings (SSSR count). The van der Waals surface area contributed by atoms with Gasteiger partial charge >= 0.3 is 0 Å². The molecule has 0 unspecified atom stereocenters. The molecule has 0 radical (unpaired) electrons. The molecular formula is C20H20N4O2S. The fourth-order valence-corrected chi connectivity index (χ4v) is 3.09. The highest BCUT2D eigenvalue weighted by atomic mass is 32.2. The molecule has 138 valence electrons. The second-order valence-corrected chi connectivity index (χ2v) is 6.94. The summed E-state index contributed by atoms with van der Waals surface area (Å²) in [7, 11) is 0. The van der Waals surface area contributed by atoms with Gasteiger partial charge in [-0.2, -0.15) is 0 Å². The van der Waals surface area contributed by atoms with Crippen LogP contribution in [0.1, 0.15) is 11.3 Å². The van der Waals surface area contributed by atoms with E-state index in [1.807, 2.05) is 50.2 Å². The van der Waals surface area contributed by atoms with E-state index in [2.05, 4.69) is 15.3 Å². The third kappa shape index (κ3) is 5.72. The van der Waals surface area contributed by atoms with Crippen LogP contribution in [0.25, 0.3) is 0 Å². The number of nitrogens with one attached hydrogen (secondary N) is 1. The van der Waals surface area contributed by atoms with Crippen molar-refractivity contribution in [1.29, 1.82) is 0 Å². The van der Waals surface area contributed by atoms with E-state index in [-0.39, 0.29) is 11.7 Å². The minimum absolute atomic E-state index is 0.143. The normalized spacial score (nSPS) is 10.4. The average Bonchev–Trinajstić information content (AvgIpc) is 2.61. The van der Waals surface area contributed by atoms with Gasteiger partial charge in [0.05, 0.1) is 5.75 Å². The van der Waals surface area contributed by atoms with Crippen molar-refractivity contribution in [3.63, 3.8) is 0 Å². The van der Waals surface area contributed by atoms with Gasteiger partial charge in [0, 0.05) is 17.4 Å². The molecule has 0 aliphatic carbocycles. The Morgan fingerprint density at radius 2 is 1.85 bits per heavy atom. The summed E-state index contributed by atoms with van der Waals surface area (Å²) in [6.45, 7) is 3.85. The highest BCUT2D eigenvalue weighted by Gasteiger charge is 2.07. The molecule has 6 nitrogen and oxygen atoms in total. The molecule has 3 N–H and O–H groups in total. The number of anilines is 2. The zero-order valence-electron chi connectivity index (χ0n) is 15.1. The standard InChI is InChI=1S/C20H20N4O2S/c1-13-4-3-5-17(10-13)26-16-8-6-15(7-9-16)23-19(25)12-27-20-22-14(2)11-18(21)24-20/h3-11H,12H2,1-2H3,(H,23,25)(H2,21,22,24). The molecule has 7 heteroatoms. The molecule has 1 amide bonds. The van der Waals surface area contributed by atoms with Gasteiger partial charge in [-0.05, 0) is 55.8 Å². The van der Waals surface area contributed by atoms with Gasteiger partial charge in [-0.1, -0.05) is 23.9 Å². The van der Waals surface area contributed by atoms with E-state index in [1.54, 1.807) is 18.2 Å². The molecule has 27 heavy (non-hydrogen) atoms. The molecule has 0 atom stereocenters. The summed E-state index contributed by atoms with van der Waals surface area (Å²) in [6.07, 6.45) is 0. The largest absolute Gasteiger partial charge is 0.457 e. The molecule has 0 fully saturated rings. The number of thioether (sulfide) groups is 1. The Morgan fingerprint density at radius 3 is 2.56 bits per heavy atom. The van der Waals surface area contributed by atoms with E-state index in [4.69, 9.17) is 10.5 Å². The number of benzene rings is 2. The quantitative estimate of drug-likeness (QED) is 0.492. The summed E-state index contributed by atoms with van der Waals surface area (Å²) in [6, 6.07) is 16.7. The molecule has 2 aromatic carbocycles. The van der Waals surface area contributed by atoms with Crippen LogP contribution in [-0.4, -0.2) is 21.6 Å². The fraction of sp³-hybridized carbons (Fsp3) is 0.150. The minimum Gasteiger partial charge on any atom is -0.457 e. The van der Waals surface area contributed by atoms with Gasteiger partial charge < -0.3 is 15.8 Å². The van der Waals surface area contributed by atoms with E-state index in [0.29, 0.717) is 22.4 Å². The Kier molecular flexibility index (Phi) is 5.93. The van der Waals surface area contributed by atoms with Crippen molar-refractivity contribution in [3.05, 3.63) is 65.9 Å². The highest BCUT2D eigenvalue weighted by molar-refractivity contribution is 7.99. The van der Waals surface area contributed by atoms with Crippen molar-refractivity contribution in [2.75, 3.05) is 16.8 Å². The smallest absolute Gasteiger partial charge is 0.234 e. The van der Waals surface area contributed by atoms with Crippen LogP contribution >= 0.6 is 11.8 Å². The number of nitrogens with two attached hydrogens (primary N) is 1. The summed E-state index contributed by atoms with van der Waals surface area (Å²) in [5.74, 6) is 1.94. The predicted octanol–water partition coefficient (Wildman–Crippen LogP) is 4.20. The lowest BCUT2D eigenvalue weighted by Crippen LogP contribution is -2.14. The number of amides is 1. The molecule has 1 aromatic heterocycles. The second-order valence-electron chi connectivity index (χ2n) is 6.00. The number of nitrogens with zero attached hydrogens (tertiary/aromatic N) is 2. The summed E-state index contributed by atoms with van der Waals surface area (Å²) < 4.78 is 5.80. The molecule has 0 aliphatic heterocycles. The lowest BCUT2D eigenvalue weighted by molar-refractivity contribution is -0.113. The maximum absolute atomic E-state index is 12.1. The number of carbonyl (C=O) groups excluding carboxylic acids is 1. The Labute approximate surface area is 162 Å². The van der Waals surface area contributed by atoms with E-state index < -0.39 is 0 Å². The first-order chi connectivity index (χ1) is 13.0. The zero-order chi connectivity index (χ0) is 19.2. The van der Waals surface area contributed by atoms with Gasteiger partial charge in [0.25, 0.3) is 0 Å². The zero-order valence-corrected chi connectivity index (χ0v) is 15.9. The van der Waals surface area contributed by atoms with E-state index in [0.717, 1.165) is 17.0 Å². The Morgan fingerprint density at radius 1 is 1.07 bits per heavy atom. The number of rotatable bonds is 6. The van der Waals surface area contributed by atoms with Crippen LogP contribution in [0.5, 0.6) is 11.5 Å². The molecule has 0 aliphatic rings. The van der Waals surface area contributed by atoms with Crippen LogP contribution in [-0.2, 0) is 4.79 Å². The third-order valence-corrected chi connectivity index (χ3v) is 4.40. The van der Waals surface area contributed by atoms with Gasteiger partial charge in [0.2, 0.25) is 5.91 Å². The van der Waals surface area contributed by atoms with Crippen molar-refractivity contribution in [2.24, 2.45) is 0 Å². The van der Waals surface area contributed by atoms with Gasteiger partial charge in [-0.3, -0.25) is 4.79 Å². The van der Waals surface area contributed by atoms with Gasteiger partial charge in [0.1, 0.15) is 17.3 Å². The van der Waals surface area contributed by atoms with Gasteiger partial charge in [0.15, 0.2) is 5.16 Å². The van der Waals surface area contributed by atoms with E-state index >= 15 is 0 Å². The third-order valence-electron chi connectivity index (χ3n) is 3.55. The number of hydrogen-bond donors (Lipinski definition) is 2. The Bertz CT molecular complexity index is 925. The first-order valence-electron chi connectivity index (χ1n) is 8.36. The van der Waals surface area contributed by atoms with Crippen molar-refractivity contribution < 1.29 is 9.53 Å². The average molecular weight is 380 g/mol. The number of carbonyl (C=O) groups is 1. The molecular weight excluding hydrogens is 360 g/mol. The molecule has 0 saturated carbocycles. The molecule has 0 bridgehead atoms. The van der Waals surface area contributed by atoms with Gasteiger partial charge in [-0.15, -0.1) is 0 Å². The van der Waals surface area contributed by atoms with Crippen molar-refractivity contribution in [2.45, 2.75) is 19.0 Å². The maximum atomic E-state index is 12.1. The highest BCUT2D eigenvalue weighted by Crippen LogP contribution is 2.24. The minimum atomic E-state index is -0.143. The number of aryl methyl sites for hydroxylation is 2. The summed E-state index contributed by atoms with van der Waals surface area (Å²) >= 11 is 1.24. The van der Waals surface area contributed by atoms with E-state index in [9.17, 15) is 4.79 Å². The Balaban J connectivity index is 1.53. The first-order valence-corrected chi connectivity index (χ1v) is 9.35. The molecule has 0 spiro atoms. The number of aromatic nitrogens is 2. The lowest BCUT2D eigenvalue weighted by Gasteiger charge is -2.08. The van der Waals surface area contributed by atoms with Crippen LogP contribution in [0.3, 0.4) is 0 Å². The molecule has 3 aromatic rings. The number of ether oxygens (including phenoxy) is 1. The summed E-state index contributed by atoms with van der Waals surface area (Å²) in [5.41, 5.74) is 8.29. The number of nitrogen functional groups attached to an aromatic ring is 1. The van der Waals surface area contributed by atoms with Crippen LogP contribution in [0.4, 0.5) is 11.5 Å². The lowest BCUT2D eigenvalue weighted by atomic mass is 10.2. The van der Waals surface area contributed by atoms with E-state index in [1.165, 1.54) is 11.8 Å². The molecule has 1 heterocycles. The first kappa shape index (κ1) is 18.7. The topological polar surface area (TPSA) is 90.1 Å². The number of hydrogen-bond acceptors (Lipinski definition) is 6. The SMILES string of the molecule is Cc1cccc(Oc2ccc(NC(=O)CSc3nc(C)cc(N)n3)cc2)c1. The fourth-order valence-electron chi connectivity index (χ4n) is 2.38. The summed E-state index contributed by atoms with van der Waals surface area (Å²) in [5, 5.41) is 3.33.